The molecule has 1 fully saturated rings. The first-order chi connectivity index (χ1) is 8.75. The van der Waals surface area contributed by atoms with Gasteiger partial charge in [0.1, 0.15) is 10.6 Å². The van der Waals surface area contributed by atoms with Gasteiger partial charge in [0.25, 0.3) is 0 Å². The van der Waals surface area contributed by atoms with Crippen LogP contribution in [0, 0.1) is 0 Å². The smallest absolute Gasteiger partial charge is 0.108 e. The summed E-state index contributed by atoms with van der Waals surface area (Å²) >= 11 is 1.69. The molecule has 2 aromatic rings. The lowest BCUT2D eigenvalue weighted by atomic mass is 10.0. The highest BCUT2D eigenvalue weighted by molar-refractivity contribution is 7.18. The molecule has 2 N–H and O–H groups in total. The second kappa shape index (κ2) is 4.93. The zero-order valence-electron chi connectivity index (χ0n) is 10.1. The molecule has 0 bridgehead atoms. The zero-order valence-corrected chi connectivity index (χ0v) is 10.9. The van der Waals surface area contributed by atoms with Crippen molar-refractivity contribution in [2.45, 2.75) is 18.6 Å². The van der Waals surface area contributed by atoms with Crippen LogP contribution in [0.15, 0.2) is 24.3 Å². The number of nitrogens with zero attached hydrogens (tertiary/aromatic N) is 1. The molecule has 1 aliphatic rings. The van der Waals surface area contributed by atoms with Crippen LogP contribution in [0.3, 0.4) is 0 Å². The second-order valence-corrected chi connectivity index (χ2v) is 5.82. The van der Waals surface area contributed by atoms with Gasteiger partial charge in [-0.25, -0.2) is 4.98 Å². The normalized spacial score (nSPS) is 23.8. The summed E-state index contributed by atoms with van der Waals surface area (Å²) in [6.07, 6.45) is 0.708. The summed E-state index contributed by atoms with van der Waals surface area (Å²) in [5.41, 5.74) is 0.346. The second-order valence-electron chi connectivity index (χ2n) is 4.71. The quantitative estimate of drug-likeness (QED) is 0.879. The predicted molar refractivity (Wildman–Crippen MR) is 71.7 cm³/mol. The minimum absolute atomic E-state index is 0.430. The molecular weight excluding hydrogens is 248 g/mol. The molecule has 0 saturated carbocycles. The Morgan fingerprint density at radius 1 is 1.44 bits per heavy atom. The SMILES string of the molecule is OC1(CNCc2nc3ccccc3s2)CCOC1. The first-order valence-electron chi connectivity index (χ1n) is 6.11. The molecule has 0 radical (unpaired) electrons. The lowest BCUT2D eigenvalue weighted by Crippen LogP contribution is -2.40. The Kier molecular flexibility index (Phi) is 3.30. The van der Waals surface area contributed by atoms with Gasteiger partial charge in [-0.3, -0.25) is 0 Å². The molecule has 3 rings (SSSR count). The van der Waals surface area contributed by atoms with Gasteiger partial charge >= 0.3 is 0 Å². The Morgan fingerprint density at radius 3 is 3.11 bits per heavy atom. The van der Waals surface area contributed by atoms with Gasteiger partial charge in [0, 0.05) is 26.1 Å². The number of aromatic nitrogens is 1. The number of hydrogen-bond acceptors (Lipinski definition) is 5. The Labute approximate surface area is 110 Å². The van der Waals surface area contributed by atoms with Gasteiger partial charge in [-0.05, 0) is 12.1 Å². The van der Waals surface area contributed by atoms with Crippen molar-refractivity contribution in [2.75, 3.05) is 19.8 Å². The number of fused-ring (bicyclic) bond motifs is 1. The highest BCUT2D eigenvalue weighted by Gasteiger charge is 2.31. The molecule has 96 valence electrons. The van der Waals surface area contributed by atoms with Gasteiger partial charge in [0.05, 0.1) is 16.8 Å². The molecule has 1 saturated heterocycles. The highest BCUT2D eigenvalue weighted by atomic mass is 32.1. The first-order valence-corrected chi connectivity index (χ1v) is 6.92. The van der Waals surface area contributed by atoms with Crippen molar-refractivity contribution in [3.63, 3.8) is 0 Å². The summed E-state index contributed by atoms with van der Waals surface area (Å²) in [7, 11) is 0. The summed E-state index contributed by atoms with van der Waals surface area (Å²) in [4.78, 5) is 4.54. The van der Waals surface area contributed by atoms with Crippen molar-refractivity contribution < 1.29 is 9.84 Å². The maximum Gasteiger partial charge on any atom is 0.108 e. The van der Waals surface area contributed by atoms with Gasteiger partial charge < -0.3 is 15.2 Å². The lowest BCUT2D eigenvalue weighted by Gasteiger charge is -2.20. The van der Waals surface area contributed by atoms with Crippen LogP contribution in [0.4, 0.5) is 0 Å². The minimum Gasteiger partial charge on any atom is -0.386 e. The van der Waals surface area contributed by atoms with Crippen molar-refractivity contribution >= 4 is 21.6 Å². The molecule has 4 nitrogen and oxygen atoms in total. The van der Waals surface area contributed by atoms with E-state index in [1.54, 1.807) is 11.3 Å². The standard InChI is InChI=1S/C13H16N2O2S/c16-13(5-6-17-9-13)8-14-7-12-15-10-3-1-2-4-11(10)18-12/h1-4,14,16H,5-9H2. The lowest BCUT2D eigenvalue weighted by molar-refractivity contribution is 0.0268. The van der Waals surface area contributed by atoms with Crippen LogP contribution in [0.25, 0.3) is 10.2 Å². The number of hydrogen-bond donors (Lipinski definition) is 2. The number of rotatable bonds is 4. The summed E-state index contributed by atoms with van der Waals surface area (Å²) < 4.78 is 6.41. The van der Waals surface area contributed by atoms with E-state index in [0.29, 0.717) is 32.7 Å². The number of benzene rings is 1. The fourth-order valence-electron chi connectivity index (χ4n) is 2.13. The third-order valence-corrected chi connectivity index (χ3v) is 4.19. The third kappa shape index (κ3) is 2.54. The molecule has 0 amide bonds. The van der Waals surface area contributed by atoms with Gasteiger partial charge in [0.2, 0.25) is 0 Å². The molecule has 1 aliphatic heterocycles. The van der Waals surface area contributed by atoms with E-state index in [2.05, 4.69) is 16.4 Å². The monoisotopic (exact) mass is 264 g/mol. The molecule has 0 spiro atoms. The number of thiazole rings is 1. The van der Waals surface area contributed by atoms with E-state index in [9.17, 15) is 5.11 Å². The van der Waals surface area contributed by atoms with Crippen molar-refractivity contribution in [1.29, 1.82) is 0 Å². The average molecular weight is 264 g/mol. The molecule has 2 heterocycles. The van der Waals surface area contributed by atoms with E-state index < -0.39 is 5.60 Å². The number of aliphatic hydroxyl groups is 1. The van der Waals surface area contributed by atoms with Crippen LogP contribution in [0.1, 0.15) is 11.4 Å². The van der Waals surface area contributed by atoms with Gasteiger partial charge in [-0.1, -0.05) is 12.1 Å². The topological polar surface area (TPSA) is 54.4 Å². The number of nitrogens with one attached hydrogen (secondary N) is 1. The fourth-order valence-corrected chi connectivity index (χ4v) is 3.07. The summed E-state index contributed by atoms with van der Waals surface area (Å²) in [5, 5.41) is 14.4. The Hall–Kier alpha value is -1.01. The van der Waals surface area contributed by atoms with E-state index in [1.165, 1.54) is 4.70 Å². The van der Waals surface area contributed by atoms with Crippen LogP contribution in [0.5, 0.6) is 0 Å². The molecule has 1 atom stereocenters. The van der Waals surface area contributed by atoms with Crippen LogP contribution in [0.2, 0.25) is 0 Å². The summed E-state index contributed by atoms with van der Waals surface area (Å²) in [6.45, 7) is 2.34. The molecule has 1 unspecified atom stereocenters. The average Bonchev–Trinajstić information content (AvgIpc) is 2.95. The molecule has 1 aromatic heterocycles. The van der Waals surface area contributed by atoms with Gasteiger partial charge in [-0.2, -0.15) is 0 Å². The number of ether oxygens (including phenoxy) is 1. The molecule has 1 aromatic carbocycles. The molecule has 18 heavy (non-hydrogen) atoms. The van der Waals surface area contributed by atoms with E-state index in [0.717, 1.165) is 10.5 Å². The predicted octanol–water partition coefficient (Wildman–Crippen LogP) is 1.54. The Balaban J connectivity index is 1.59. The van der Waals surface area contributed by atoms with Crippen LogP contribution >= 0.6 is 11.3 Å². The van der Waals surface area contributed by atoms with Crippen molar-refractivity contribution in [3.05, 3.63) is 29.3 Å². The molecular formula is C13H16N2O2S. The molecule has 5 heteroatoms. The number of para-hydroxylation sites is 1. The van der Waals surface area contributed by atoms with Crippen LogP contribution in [-0.4, -0.2) is 35.5 Å². The van der Waals surface area contributed by atoms with E-state index >= 15 is 0 Å². The Morgan fingerprint density at radius 2 is 2.33 bits per heavy atom. The van der Waals surface area contributed by atoms with Crippen LogP contribution in [-0.2, 0) is 11.3 Å². The fraction of sp³-hybridized carbons (Fsp3) is 0.462. The largest absolute Gasteiger partial charge is 0.386 e. The highest BCUT2D eigenvalue weighted by Crippen LogP contribution is 2.22. The summed E-state index contributed by atoms with van der Waals surface area (Å²) in [6, 6.07) is 8.12. The maximum absolute atomic E-state index is 10.1. The maximum atomic E-state index is 10.1. The van der Waals surface area contributed by atoms with Gasteiger partial charge in [0.15, 0.2) is 0 Å². The molecule has 0 aliphatic carbocycles. The van der Waals surface area contributed by atoms with Crippen LogP contribution < -0.4 is 5.32 Å². The van der Waals surface area contributed by atoms with E-state index in [4.69, 9.17) is 4.74 Å². The third-order valence-electron chi connectivity index (χ3n) is 3.15. The van der Waals surface area contributed by atoms with Gasteiger partial charge in [-0.15, -0.1) is 11.3 Å². The van der Waals surface area contributed by atoms with E-state index in [1.807, 2.05) is 18.2 Å². The van der Waals surface area contributed by atoms with E-state index in [-0.39, 0.29) is 0 Å². The van der Waals surface area contributed by atoms with Crippen molar-refractivity contribution in [2.24, 2.45) is 0 Å². The van der Waals surface area contributed by atoms with Crippen molar-refractivity contribution in [1.82, 2.24) is 10.3 Å². The first kappa shape index (κ1) is 12.0. The zero-order chi connectivity index (χ0) is 12.4. The minimum atomic E-state index is -0.698. The van der Waals surface area contributed by atoms with Crippen molar-refractivity contribution in [3.8, 4) is 0 Å². The Bertz CT molecular complexity index is 502. The summed E-state index contributed by atoms with van der Waals surface area (Å²) in [5.74, 6) is 0.